The van der Waals surface area contributed by atoms with Crippen LogP contribution in [0.25, 0.3) is 0 Å². The van der Waals surface area contributed by atoms with Crippen LogP contribution in [0.4, 0.5) is 0 Å². The first-order valence-electron chi connectivity index (χ1n) is 7.88. The fraction of sp³-hybridized carbons (Fsp3) is 0.938. The molecule has 3 atom stereocenters. The van der Waals surface area contributed by atoms with Gasteiger partial charge in [-0.25, -0.2) is 0 Å². The van der Waals surface area contributed by atoms with Gasteiger partial charge in [0.1, 0.15) is 0 Å². The molecule has 0 bridgehead atoms. The lowest BCUT2D eigenvalue weighted by Crippen LogP contribution is -2.33. The van der Waals surface area contributed by atoms with Crippen molar-refractivity contribution in [3.8, 4) is 0 Å². The molecule has 2 heteroatoms. The van der Waals surface area contributed by atoms with E-state index in [4.69, 9.17) is 4.99 Å². The third-order valence-electron chi connectivity index (χ3n) is 4.39. The molecule has 2 nitrogen and oxygen atoms in total. The van der Waals surface area contributed by atoms with E-state index < -0.39 is 0 Å². The van der Waals surface area contributed by atoms with E-state index in [0.29, 0.717) is 6.04 Å². The van der Waals surface area contributed by atoms with Crippen LogP contribution < -0.4 is 5.32 Å². The molecule has 0 aromatic carbocycles. The second-order valence-corrected chi connectivity index (χ2v) is 6.05. The van der Waals surface area contributed by atoms with Crippen molar-refractivity contribution >= 4 is 5.71 Å². The molecule has 106 valence electrons. The summed E-state index contributed by atoms with van der Waals surface area (Å²) in [7, 11) is 0. The Morgan fingerprint density at radius 1 is 1.28 bits per heavy atom. The van der Waals surface area contributed by atoms with Crippen LogP contribution in [0.3, 0.4) is 0 Å². The fourth-order valence-corrected chi connectivity index (χ4v) is 2.66. The lowest BCUT2D eigenvalue weighted by molar-refractivity contribution is 0.258. The van der Waals surface area contributed by atoms with Crippen molar-refractivity contribution in [2.24, 2.45) is 16.8 Å². The molecule has 18 heavy (non-hydrogen) atoms. The highest BCUT2D eigenvalue weighted by Gasteiger charge is 2.21. The predicted octanol–water partition coefficient (Wildman–Crippen LogP) is 4.05. The van der Waals surface area contributed by atoms with Crippen LogP contribution in [0.15, 0.2) is 4.99 Å². The van der Waals surface area contributed by atoms with Gasteiger partial charge in [0.15, 0.2) is 0 Å². The smallest absolute Gasteiger partial charge is 0.0416 e. The summed E-state index contributed by atoms with van der Waals surface area (Å²) in [4.78, 5) is 4.71. The van der Waals surface area contributed by atoms with Gasteiger partial charge in [0, 0.05) is 18.3 Å². The zero-order valence-electron chi connectivity index (χ0n) is 12.8. The van der Waals surface area contributed by atoms with Gasteiger partial charge < -0.3 is 5.32 Å². The maximum absolute atomic E-state index is 4.71. The number of hydrogen-bond donors (Lipinski definition) is 1. The average Bonchev–Trinajstić information content (AvgIpc) is 2.42. The van der Waals surface area contributed by atoms with Gasteiger partial charge in [-0.2, -0.15) is 0 Å². The molecule has 1 rings (SSSR count). The van der Waals surface area contributed by atoms with Gasteiger partial charge in [0.05, 0.1) is 0 Å². The van der Waals surface area contributed by atoms with Crippen LogP contribution in [0.5, 0.6) is 0 Å². The van der Waals surface area contributed by atoms with Crippen molar-refractivity contribution in [3.63, 3.8) is 0 Å². The first-order chi connectivity index (χ1) is 8.65. The molecular formula is C16H32N2. The molecule has 1 aliphatic rings. The van der Waals surface area contributed by atoms with E-state index in [1.165, 1.54) is 44.4 Å². The lowest BCUT2D eigenvalue weighted by atomic mass is 9.81. The Morgan fingerprint density at radius 2 is 2.00 bits per heavy atom. The monoisotopic (exact) mass is 252 g/mol. The highest BCUT2D eigenvalue weighted by molar-refractivity contribution is 5.81. The van der Waals surface area contributed by atoms with E-state index in [-0.39, 0.29) is 0 Å². The van der Waals surface area contributed by atoms with Crippen LogP contribution >= 0.6 is 0 Å². The van der Waals surface area contributed by atoms with E-state index in [2.05, 4.69) is 33.0 Å². The Balaban J connectivity index is 2.27. The van der Waals surface area contributed by atoms with Crippen molar-refractivity contribution in [2.75, 3.05) is 13.1 Å². The van der Waals surface area contributed by atoms with Crippen LogP contribution in [0, 0.1) is 11.8 Å². The molecule has 0 saturated heterocycles. The van der Waals surface area contributed by atoms with E-state index in [1.54, 1.807) is 0 Å². The molecule has 0 aromatic rings. The van der Waals surface area contributed by atoms with E-state index in [1.807, 2.05) is 0 Å². The second kappa shape index (κ2) is 8.68. The summed E-state index contributed by atoms with van der Waals surface area (Å²) in [6, 6.07) is 0.672. The summed E-state index contributed by atoms with van der Waals surface area (Å²) in [5.41, 5.74) is 1.31. The number of rotatable bonds is 7. The highest BCUT2D eigenvalue weighted by atomic mass is 14.9. The highest BCUT2D eigenvalue weighted by Crippen LogP contribution is 2.29. The zero-order chi connectivity index (χ0) is 13.4. The predicted molar refractivity (Wildman–Crippen MR) is 81.5 cm³/mol. The maximum atomic E-state index is 4.71. The normalized spacial score (nSPS) is 27.2. The molecular weight excluding hydrogens is 220 g/mol. The molecule has 0 aliphatic heterocycles. The molecule has 0 spiro atoms. The number of nitrogens with one attached hydrogen (secondary N) is 1. The average molecular weight is 252 g/mol. The lowest BCUT2D eigenvalue weighted by Gasteiger charge is -2.29. The molecule has 0 aromatic heterocycles. The van der Waals surface area contributed by atoms with Crippen LogP contribution in [0.1, 0.15) is 66.2 Å². The van der Waals surface area contributed by atoms with Crippen molar-refractivity contribution in [3.05, 3.63) is 0 Å². The fourth-order valence-electron chi connectivity index (χ4n) is 2.66. The van der Waals surface area contributed by atoms with Crippen molar-refractivity contribution in [1.82, 2.24) is 5.32 Å². The summed E-state index contributed by atoms with van der Waals surface area (Å²) >= 11 is 0. The van der Waals surface area contributed by atoms with Crippen molar-refractivity contribution in [2.45, 2.75) is 72.3 Å². The van der Waals surface area contributed by atoms with Crippen molar-refractivity contribution in [1.29, 1.82) is 0 Å². The van der Waals surface area contributed by atoms with Gasteiger partial charge >= 0.3 is 0 Å². The Labute approximate surface area is 114 Å². The van der Waals surface area contributed by atoms with Crippen LogP contribution in [-0.4, -0.2) is 24.8 Å². The minimum atomic E-state index is 0.672. The van der Waals surface area contributed by atoms with Gasteiger partial charge in [0.25, 0.3) is 0 Å². The quantitative estimate of drug-likeness (QED) is 0.679. The SMILES string of the molecule is CCC(C)=NCC1CCCC(CNC(C)CC)C1. The van der Waals surface area contributed by atoms with E-state index in [0.717, 1.165) is 24.8 Å². The molecule has 1 N–H and O–H groups in total. The van der Waals surface area contributed by atoms with Gasteiger partial charge in [-0.3, -0.25) is 4.99 Å². The first-order valence-corrected chi connectivity index (χ1v) is 7.88. The summed E-state index contributed by atoms with van der Waals surface area (Å²) < 4.78 is 0. The molecule has 1 aliphatic carbocycles. The zero-order valence-corrected chi connectivity index (χ0v) is 12.8. The third-order valence-corrected chi connectivity index (χ3v) is 4.39. The Morgan fingerprint density at radius 3 is 2.67 bits per heavy atom. The van der Waals surface area contributed by atoms with Crippen molar-refractivity contribution < 1.29 is 0 Å². The van der Waals surface area contributed by atoms with Gasteiger partial charge in [-0.05, 0) is 64.3 Å². The second-order valence-electron chi connectivity index (χ2n) is 6.05. The number of hydrogen-bond acceptors (Lipinski definition) is 2. The number of aliphatic imine (C=N–C) groups is 1. The van der Waals surface area contributed by atoms with Gasteiger partial charge in [-0.15, -0.1) is 0 Å². The molecule has 0 heterocycles. The molecule has 0 amide bonds. The third kappa shape index (κ3) is 5.99. The number of nitrogens with zero attached hydrogens (tertiary/aromatic N) is 1. The Bertz CT molecular complexity index is 247. The molecule has 3 unspecified atom stereocenters. The molecule has 1 saturated carbocycles. The summed E-state index contributed by atoms with van der Waals surface area (Å²) in [5, 5.41) is 3.66. The van der Waals surface area contributed by atoms with E-state index in [9.17, 15) is 0 Å². The Kier molecular flexibility index (Phi) is 7.57. The largest absolute Gasteiger partial charge is 0.314 e. The summed E-state index contributed by atoms with van der Waals surface area (Å²) in [5.74, 6) is 1.72. The minimum Gasteiger partial charge on any atom is -0.314 e. The first kappa shape index (κ1) is 15.7. The van der Waals surface area contributed by atoms with Crippen LogP contribution in [0.2, 0.25) is 0 Å². The van der Waals surface area contributed by atoms with Crippen LogP contribution in [-0.2, 0) is 0 Å². The molecule has 1 fully saturated rings. The topological polar surface area (TPSA) is 24.4 Å². The van der Waals surface area contributed by atoms with Gasteiger partial charge in [0.2, 0.25) is 0 Å². The van der Waals surface area contributed by atoms with Gasteiger partial charge in [-0.1, -0.05) is 20.3 Å². The minimum absolute atomic E-state index is 0.672. The Hall–Kier alpha value is -0.370. The molecule has 0 radical (unpaired) electrons. The summed E-state index contributed by atoms with van der Waals surface area (Å²) in [6.45, 7) is 11.2. The standard InChI is InChI=1S/C16H32N2/c1-5-13(3)17-11-15-8-7-9-16(10-15)12-18-14(4)6-2/h13,15-17H,5-12H2,1-4H3. The maximum Gasteiger partial charge on any atom is 0.0416 e. The van der Waals surface area contributed by atoms with E-state index >= 15 is 0 Å². The summed E-state index contributed by atoms with van der Waals surface area (Å²) in [6.07, 6.45) is 7.92.